The van der Waals surface area contributed by atoms with Crippen molar-refractivity contribution in [1.29, 1.82) is 0 Å². The van der Waals surface area contributed by atoms with Gasteiger partial charge in [-0.3, -0.25) is 4.79 Å². The van der Waals surface area contributed by atoms with Crippen LogP contribution in [0.3, 0.4) is 0 Å². The molecule has 0 amide bonds. The van der Waals surface area contributed by atoms with Crippen LogP contribution in [0.15, 0.2) is 18.2 Å². The van der Waals surface area contributed by atoms with Gasteiger partial charge in [-0.05, 0) is 36.0 Å². The Labute approximate surface area is 83.6 Å². The van der Waals surface area contributed by atoms with Crippen LogP contribution in [0.2, 0.25) is 0 Å². The second-order valence-corrected chi connectivity index (χ2v) is 3.82. The van der Waals surface area contributed by atoms with E-state index in [9.17, 15) is 4.79 Å². The van der Waals surface area contributed by atoms with Gasteiger partial charge in [0.25, 0.3) is 0 Å². The minimum Gasteiger partial charge on any atom is -0.481 e. The second-order valence-electron chi connectivity index (χ2n) is 3.82. The zero-order chi connectivity index (χ0) is 10.1. The van der Waals surface area contributed by atoms with E-state index in [4.69, 9.17) is 5.11 Å². The third-order valence-electron chi connectivity index (χ3n) is 2.99. The fraction of sp³-hybridized carbons (Fsp3) is 0.417. The van der Waals surface area contributed by atoms with Crippen molar-refractivity contribution in [2.24, 2.45) is 0 Å². The summed E-state index contributed by atoms with van der Waals surface area (Å²) < 4.78 is 0. The molecular weight excluding hydrogens is 176 g/mol. The number of carboxylic acid groups (broad SMARTS) is 1. The zero-order valence-electron chi connectivity index (χ0n) is 8.29. The van der Waals surface area contributed by atoms with E-state index in [1.165, 1.54) is 11.1 Å². The molecule has 0 saturated carbocycles. The summed E-state index contributed by atoms with van der Waals surface area (Å²) in [4.78, 5) is 11.0. The lowest BCUT2D eigenvalue weighted by Gasteiger charge is -2.07. The number of rotatable bonds is 2. The highest BCUT2D eigenvalue weighted by Crippen LogP contribution is 2.33. The first kappa shape index (κ1) is 9.25. The van der Waals surface area contributed by atoms with Crippen LogP contribution in [0, 0.1) is 0 Å². The van der Waals surface area contributed by atoms with Crippen LogP contribution in [0.4, 0.5) is 0 Å². The van der Waals surface area contributed by atoms with Gasteiger partial charge < -0.3 is 5.11 Å². The maximum Gasteiger partial charge on any atom is 0.310 e. The predicted octanol–water partition coefficient (Wildman–Crippen LogP) is 2.36. The smallest absolute Gasteiger partial charge is 0.310 e. The molecule has 1 aromatic carbocycles. The molecule has 2 rings (SSSR count). The Kier molecular flexibility index (Phi) is 2.28. The molecule has 0 heterocycles. The Hall–Kier alpha value is -1.31. The molecule has 74 valence electrons. The standard InChI is InChI=1S/C12H14O2/c1-2-8-3-4-9-5-6-10(12(13)14)11(9)7-8/h3-4,7,10H,2,5-6H2,1H3,(H,13,14). The number of carbonyl (C=O) groups is 1. The third-order valence-corrected chi connectivity index (χ3v) is 2.99. The van der Waals surface area contributed by atoms with E-state index in [-0.39, 0.29) is 5.92 Å². The first-order valence-corrected chi connectivity index (χ1v) is 5.07. The zero-order valence-corrected chi connectivity index (χ0v) is 8.29. The van der Waals surface area contributed by atoms with E-state index in [1.54, 1.807) is 0 Å². The number of hydrogen-bond acceptors (Lipinski definition) is 1. The molecule has 0 bridgehead atoms. The van der Waals surface area contributed by atoms with E-state index in [0.29, 0.717) is 0 Å². The van der Waals surface area contributed by atoms with Crippen LogP contribution >= 0.6 is 0 Å². The maximum absolute atomic E-state index is 11.0. The monoisotopic (exact) mass is 190 g/mol. The van der Waals surface area contributed by atoms with Gasteiger partial charge in [-0.2, -0.15) is 0 Å². The van der Waals surface area contributed by atoms with Crippen molar-refractivity contribution in [3.05, 3.63) is 34.9 Å². The van der Waals surface area contributed by atoms with Crippen molar-refractivity contribution in [2.75, 3.05) is 0 Å². The van der Waals surface area contributed by atoms with Crippen LogP contribution in [0.25, 0.3) is 0 Å². The Morgan fingerprint density at radius 2 is 2.36 bits per heavy atom. The molecule has 1 unspecified atom stereocenters. The van der Waals surface area contributed by atoms with E-state index in [2.05, 4.69) is 25.1 Å². The van der Waals surface area contributed by atoms with E-state index in [1.807, 2.05) is 0 Å². The topological polar surface area (TPSA) is 37.3 Å². The molecule has 14 heavy (non-hydrogen) atoms. The van der Waals surface area contributed by atoms with Crippen molar-refractivity contribution in [3.63, 3.8) is 0 Å². The number of aliphatic carboxylic acids is 1. The summed E-state index contributed by atoms with van der Waals surface area (Å²) in [6.07, 6.45) is 2.65. The van der Waals surface area contributed by atoms with Gasteiger partial charge >= 0.3 is 5.97 Å². The fourth-order valence-corrected chi connectivity index (χ4v) is 2.13. The van der Waals surface area contributed by atoms with Crippen molar-refractivity contribution in [2.45, 2.75) is 32.1 Å². The lowest BCUT2D eigenvalue weighted by molar-refractivity contribution is -0.138. The van der Waals surface area contributed by atoms with Gasteiger partial charge in [0.15, 0.2) is 0 Å². The summed E-state index contributed by atoms with van der Waals surface area (Å²) in [5, 5.41) is 9.02. The average Bonchev–Trinajstić information content (AvgIpc) is 2.59. The van der Waals surface area contributed by atoms with Crippen LogP contribution in [-0.4, -0.2) is 11.1 Å². The van der Waals surface area contributed by atoms with Gasteiger partial charge in [-0.15, -0.1) is 0 Å². The Morgan fingerprint density at radius 1 is 1.57 bits per heavy atom. The van der Waals surface area contributed by atoms with E-state index in [0.717, 1.165) is 24.8 Å². The number of fused-ring (bicyclic) bond motifs is 1. The number of aryl methyl sites for hydroxylation is 2. The van der Waals surface area contributed by atoms with Crippen molar-refractivity contribution >= 4 is 5.97 Å². The van der Waals surface area contributed by atoms with Crippen LogP contribution < -0.4 is 0 Å². The molecule has 0 radical (unpaired) electrons. The summed E-state index contributed by atoms with van der Waals surface area (Å²) in [5.41, 5.74) is 3.49. The van der Waals surface area contributed by atoms with Gasteiger partial charge in [-0.1, -0.05) is 25.1 Å². The molecule has 0 spiro atoms. The molecular formula is C12H14O2. The second kappa shape index (κ2) is 3.45. The summed E-state index contributed by atoms with van der Waals surface area (Å²) >= 11 is 0. The maximum atomic E-state index is 11.0. The molecule has 1 N–H and O–H groups in total. The minimum atomic E-state index is -0.683. The normalized spacial score (nSPS) is 19.4. The minimum absolute atomic E-state index is 0.267. The van der Waals surface area contributed by atoms with Gasteiger partial charge in [0.1, 0.15) is 0 Å². The van der Waals surface area contributed by atoms with Gasteiger partial charge in [-0.25, -0.2) is 0 Å². The summed E-state index contributed by atoms with van der Waals surface area (Å²) in [6.45, 7) is 2.09. The lowest BCUT2D eigenvalue weighted by atomic mass is 9.98. The number of hydrogen-bond donors (Lipinski definition) is 1. The predicted molar refractivity (Wildman–Crippen MR) is 54.5 cm³/mol. The quantitative estimate of drug-likeness (QED) is 0.777. The molecule has 1 aliphatic rings. The summed E-state index contributed by atoms with van der Waals surface area (Å²) in [6, 6.07) is 6.24. The van der Waals surface area contributed by atoms with Gasteiger partial charge in [0.05, 0.1) is 5.92 Å². The van der Waals surface area contributed by atoms with Crippen molar-refractivity contribution in [1.82, 2.24) is 0 Å². The van der Waals surface area contributed by atoms with Crippen molar-refractivity contribution < 1.29 is 9.90 Å². The number of carboxylic acids is 1. The highest BCUT2D eigenvalue weighted by Gasteiger charge is 2.28. The first-order valence-electron chi connectivity index (χ1n) is 5.07. The molecule has 0 saturated heterocycles. The first-order chi connectivity index (χ1) is 6.72. The van der Waals surface area contributed by atoms with Crippen LogP contribution in [-0.2, 0) is 17.6 Å². The molecule has 2 heteroatoms. The van der Waals surface area contributed by atoms with Gasteiger partial charge in [0, 0.05) is 0 Å². The molecule has 0 aromatic heterocycles. The molecule has 1 atom stereocenters. The van der Waals surface area contributed by atoms with Crippen LogP contribution in [0.5, 0.6) is 0 Å². The Bertz CT molecular complexity index is 369. The Morgan fingerprint density at radius 3 is 3.00 bits per heavy atom. The molecule has 0 aliphatic heterocycles. The molecule has 1 aromatic rings. The molecule has 0 fully saturated rings. The van der Waals surface area contributed by atoms with Gasteiger partial charge in [0.2, 0.25) is 0 Å². The fourth-order valence-electron chi connectivity index (χ4n) is 2.13. The van der Waals surface area contributed by atoms with Crippen molar-refractivity contribution in [3.8, 4) is 0 Å². The molecule has 2 nitrogen and oxygen atoms in total. The largest absolute Gasteiger partial charge is 0.481 e. The highest BCUT2D eigenvalue weighted by molar-refractivity contribution is 5.77. The Balaban J connectivity index is 2.41. The summed E-state index contributed by atoms with van der Waals surface area (Å²) in [7, 11) is 0. The third kappa shape index (κ3) is 1.41. The SMILES string of the molecule is CCc1ccc2c(c1)C(C(=O)O)CC2. The lowest BCUT2D eigenvalue weighted by Crippen LogP contribution is -2.07. The average molecular weight is 190 g/mol. The van der Waals surface area contributed by atoms with E-state index >= 15 is 0 Å². The highest BCUT2D eigenvalue weighted by atomic mass is 16.4. The van der Waals surface area contributed by atoms with Crippen LogP contribution in [0.1, 0.15) is 36.0 Å². The number of benzene rings is 1. The summed E-state index contributed by atoms with van der Waals surface area (Å²) in [5.74, 6) is -0.950. The molecule has 1 aliphatic carbocycles. The van der Waals surface area contributed by atoms with E-state index < -0.39 is 5.97 Å².